The molecule has 1 aromatic carbocycles. The van der Waals surface area contributed by atoms with E-state index in [0.29, 0.717) is 18.4 Å². The third-order valence-corrected chi connectivity index (χ3v) is 8.59. The summed E-state index contributed by atoms with van der Waals surface area (Å²) in [6.45, 7) is 9.17. The number of piperidine rings is 1. The summed E-state index contributed by atoms with van der Waals surface area (Å²) in [5.41, 5.74) is 1.34. The SMILES string of the molecule is CCN(CC(F)(F)F)C1CCC(CCCN2CCC(Cc3cc(OC(C)C)ccc3Br)CC2)CC1. The van der Waals surface area contributed by atoms with Crippen LogP contribution < -0.4 is 4.74 Å². The molecule has 35 heavy (non-hydrogen) atoms. The lowest BCUT2D eigenvalue weighted by Gasteiger charge is -2.37. The fourth-order valence-corrected chi connectivity index (χ4v) is 6.32. The van der Waals surface area contributed by atoms with E-state index in [1.807, 2.05) is 13.0 Å². The number of halogens is 4. The molecule has 2 fully saturated rings. The molecule has 0 N–H and O–H groups in total. The third kappa shape index (κ3) is 9.88. The Morgan fingerprint density at radius 1 is 1.06 bits per heavy atom. The topological polar surface area (TPSA) is 15.7 Å². The van der Waals surface area contributed by atoms with E-state index in [2.05, 4.69) is 46.8 Å². The van der Waals surface area contributed by atoms with Crippen LogP contribution in [-0.2, 0) is 6.42 Å². The minimum Gasteiger partial charge on any atom is -0.491 e. The Bertz CT molecular complexity index is 757. The highest BCUT2D eigenvalue weighted by Crippen LogP contribution is 2.33. The Hall–Kier alpha value is -0.790. The largest absolute Gasteiger partial charge is 0.491 e. The minimum absolute atomic E-state index is 0.106. The van der Waals surface area contributed by atoms with E-state index in [-0.39, 0.29) is 12.1 Å². The molecule has 1 aliphatic heterocycles. The summed E-state index contributed by atoms with van der Waals surface area (Å²) >= 11 is 3.72. The van der Waals surface area contributed by atoms with Crippen LogP contribution >= 0.6 is 15.9 Å². The first-order valence-electron chi connectivity index (χ1n) is 13.6. The first-order valence-corrected chi connectivity index (χ1v) is 14.4. The number of nitrogens with zero attached hydrogens (tertiary/aromatic N) is 2. The summed E-state index contributed by atoms with van der Waals surface area (Å²) in [5.74, 6) is 2.35. The summed E-state index contributed by atoms with van der Waals surface area (Å²) in [5, 5.41) is 0. The normalized spacial score (nSPS) is 22.8. The molecule has 0 unspecified atom stereocenters. The Labute approximate surface area is 218 Å². The van der Waals surface area contributed by atoms with E-state index in [1.54, 1.807) is 4.90 Å². The molecule has 1 saturated carbocycles. The molecule has 7 heteroatoms. The first-order chi connectivity index (χ1) is 16.6. The average molecular weight is 562 g/mol. The lowest BCUT2D eigenvalue weighted by Crippen LogP contribution is -2.43. The predicted molar refractivity (Wildman–Crippen MR) is 141 cm³/mol. The molecule has 1 saturated heterocycles. The zero-order valence-corrected chi connectivity index (χ0v) is 23.3. The highest BCUT2D eigenvalue weighted by Gasteiger charge is 2.34. The fourth-order valence-electron chi connectivity index (χ4n) is 5.91. The Morgan fingerprint density at radius 2 is 1.74 bits per heavy atom. The quantitative estimate of drug-likeness (QED) is 0.275. The molecule has 3 nitrogen and oxygen atoms in total. The number of hydrogen-bond donors (Lipinski definition) is 0. The molecule has 0 bridgehead atoms. The van der Waals surface area contributed by atoms with Gasteiger partial charge in [0, 0.05) is 10.5 Å². The smallest absolute Gasteiger partial charge is 0.401 e. The summed E-state index contributed by atoms with van der Waals surface area (Å²) in [6, 6.07) is 6.43. The fraction of sp³-hybridized carbons (Fsp3) is 0.786. The molecule has 0 atom stereocenters. The summed E-state index contributed by atoms with van der Waals surface area (Å²) in [7, 11) is 0. The first kappa shape index (κ1) is 28.8. The van der Waals surface area contributed by atoms with Crippen LogP contribution in [0.5, 0.6) is 5.75 Å². The number of hydrogen-bond acceptors (Lipinski definition) is 3. The zero-order chi connectivity index (χ0) is 25.4. The standard InChI is InChI=1S/C28H44BrF3N2O/c1-4-34(20-28(30,31)32)25-9-7-22(8-10-25)6-5-15-33-16-13-23(14-17-33)18-24-19-26(35-21(2)3)11-12-27(24)29/h11-12,19,21-23,25H,4-10,13-18,20H2,1-3H3. The van der Waals surface area contributed by atoms with Crippen LogP contribution in [0.15, 0.2) is 22.7 Å². The number of rotatable bonds is 11. The Kier molecular flexibility index (Phi) is 11.2. The molecule has 2 aliphatic rings. The second-order valence-corrected chi connectivity index (χ2v) is 11.8. The number of benzene rings is 1. The predicted octanol–water partition coefficient (Wildman–Crippen LogP) is 7.71. The Morgan fingerprint density at radius 3 is 2.34 bits per heavy atom. The summed E-state index contributed by atoms with van der Waals surface area (Å²) in [6.07, 6.45) is 6.07. The molecule has 1 heterocycles. The van der Waals surface area contributed by atoms with Crippen molar-refractivity contribution in [1.82, 2.24) is 9.80 Å². The summed E-state index contributed by atoms with van der Waals surface area (Å²) in [4.78, 5) is 4.24. The number of alkyl halides is 3. The molecular weight excluding hydrogens is 517 g/mol. The maximum atomic E-state index is 12.8. The van der Waals surface area contributed by atoms with Gasteiger partial charge in [-0.3, -0.25) is 4.90 Å². The highest BCUT2D eigenvalue weighted by atomic mass is 79.9. The van der Waals surface area contributed by atoms with E-state index in [0.717, 1.165) is 44.4 Å². The van der Waals surface area contributed by atoms with Gasteiger partial charge in [-0.2, -0.15) is 13.2 Å². The Balaban J connectivity index is 1.32. The van der Waals surface area contributed by atoms with Crippen LogP contribution in [0.25, 0.3) is 0 Å². The maximum absolute atomic E-state index is 12.8. The van der Waals surface area contributed by atoms with E-state index >= 15 is 0 Å². The molecule has 0 radical (unpaired) electrons. The minimum atomic E-state index is -4.09. The molecule has 1 aromatic rings. The van der Waals surface area contributed by atoms with Crippen molar-refractivity contribution in [2.45, 2.75) is 96.9 Å². The van der Waals surface area contributed by atoms with Gasteiger partial charge in [0.2, 0.25) is 0 Å². The lowest BCUT2D eigenvalue weighted by atomic mass is 9.82. The van der Waals surface area contributed by atoms with E-state index in [4.69, 9.17) is 4.74 Å². The second-order valence-electron chi connectivity index (χ2n) is 10.9. The number of ether oxygens (including phenoxy) is 1. The van der Waals surface area contributed by atoms with Crippen LogP contribution in [0, 0.1) is 11.8 Å². The highest BCUT2D eigenvalue weighted by molar-refractivity contribution is 9.10. The summed E-state index contributed by atoms with van der Waals surface area (Å²) < 4.78 is 45.5. The molecule has 0 spiro atoms. The van der Waals surface area contributed by atoms with Gasteiger partial charge in [0.15, 0.2) is 0 Å². The molecule has 3 rings (SSSR count). The number of likely N-dealkylation sites (tertiary alicyclic amines) is 1. The third-order valence-electron chi connectivity index (χ3n) is 7.81. The van der Waals surface area contributed by atoms with Crippen molar-refractivity contribution < 1.29 is 17.9 Å². The van der Waals surface area contributed by atoms with Crippen molar-refractivity contribution in [1.29, 1.82) is 0 Å². The van der Waals surface area contributed by atoms with Crippen molar-refractivity contribution >= 4 is 15.9 Å². The molecule has 0 amide bonds. The van der Waals surface area contributed by atoms with Crippen molar-refractivity contribution in [2.75, 3.05) is 32.7 Å². The van der Waals surface area contributed by atoms with Crippen LogP contribution in [0.3, 0.4) is 0 Å². The van der Waals surface area contributed by atoms with Crippen molar-refractivity contribution in [2.24, 2.45) is 11.8 Å². The van der Waals surface area contributed by atoms with Gasteiger partial charge in [0.1, 0.15) is 5.75 Å². The molecular formula is C28H44BrF3N2O. The molecule has 0 aromatic heterocycles. The molecule has 200 valence electrons. The van der Waals surface area contributed by atoms with Crippen LogP contribution in [-0.4, -0.2) is 60.8 Å². The van der Waals surface area contributed by atoms with Gasteiger partial charge in [0.25, 0.3) is 0 Å². The van der Waals surface area contributed by atoms with Gasteiger partial charge >= 0.3 is 6.18 Å². The monoisotopic (exact) mass is 560 g/mol. The zero-order valence-electron chi connectivity index (χ0n) is 21.8. The van der Waals surface area contributed by atoms with Gasteiger partial charge in [-0.1, -0.05) is 22.9 Å². The van der Waals surface area contributed by atoms with Crippen LogP contribution in [0.1, 0.15) is 77.7 Å². The van der Waals surface area contributed by atoms with Gasteiger partial charge < -0.3 is 9.64 Å². The van der Waals surface area contributed by atoms with E-state index in [1.165, 1.54) is 48.8 Å². The second kappa shape index (κ2) is 13.7. The van der Waals surface area contributed by atoms with Gasteiger partial charge in [-0.15, -0.1) is 0 Å². The average Bonchev–Trinajstić information content (AvgIpc) is 2.80. The van der Waals surface area contributed by atoms with Crippen molar-refractivity contribution in [3.63, 3.8) is 0 Å². The van der Waals surface area contributed by atoms with Gasteiger partial charge in [-0.25, -0.2) is 0 Å². The van der Waals surface area contributed by atoms with Gasteiger partial charge in [0.05, 0.1) is 12.6 Å². The van der Waals surface area contributed by atoms with Gasteiger partial charge in [-0.05, 0) is 133 Å². The van der Waals surface area contributed by atoms with Crippen molar-refractivity contribution in [3.05, 3.63) is 28.2 Å². The van der Waals surface area contributed by atoms with E-state index < -0.39 is 12.7 Å². The molecule has 1 aliphatic carbocycles. The van der Waals surface area contributed by atoms with Crippen LogP contribution in [0.4, 0.5) is 13.2 Å². The van der Waals surface area contributed by atoms with E-state index in [9.17, 15) is 13.2 Å². The van der Waals surface area contributed by atoms with Crippen molar-refractivity contribution in [3.8, 4) is 5.75 Å². The van der Waals surface area contributed by atoms with Crippen LogP contribution in [0.2, 0.25) is 0 Å². The lowest BCUT2D eigenvalue weighted by molar-refractivity contribution is -0.152. The maximum Gasteiger partial charge on any atom is 0.401 e.